The molecule has 122 valence electrons. The molecule has 0 fully saturated rings. The highest BCUT2D eigenvalue weighted by molar-refractivity contribution is 4.75. The lowest BCUT2D eigenvalue weighted by molar-refractivity contribution is 0.188. The average molecular weight is 286 g/mol. The van der Waals surface area contributed by atoms with Crippen LogP contribution in [0.15, 0.2) is 0 Å². The van der Waals surface area contributed by atoms with E-state index in [-0.39, 0.29) is 0 Å². The van der Waals surface area contributed by atoms with Crippen LogP contribution in [0.5, 0.6) is 0 Å². The van der Waals surface area contributed by atoms with Crippen molar-refractivity contribution in [1.29, 1.82) is 0 Å². The summed E-state index contributed by atoms with van der Waals surface area (Å²) in [6, 6.07) is 0. The zero-order valence-electron chi connectivity index (χ0n) is 14.6. The van der Waals surface area contributed by atoms with Crippen LogP contribution < -0.4 is 5.32 Å². The molecule has 0 heterocycles. The molecule has 1 N–H and O–H groups in total. The first-order valence-corrected chi connectivity index (χ1v) is 8.88. The molecule has 0 spiro atoms. The lowest BCUT2D eigenvalue weighted by Gasteiger charge is -2.28. The normalized spacial score (nSPS) is 14.4. The number of ether oxygens (including phenoxy) is 1. The van der Waals surface area contributed by atoms with E-state index in [1.165, 1.54) is 64.2 Å². The molecule has 0 aromatic rings. The monoisotopic (exact) mass is 285 g/mol. The predicted molar refractivity (Wildman–Crippen MR) is 90.4 cm³/mol. The molecule has 0 saturated heterocycles. The number of methoxy groups -OCH3 is 1. The van der Waals surface area contributed by atoms with Crippen molar-refractivity contribution in [3.05, 3.63) is 0 Å². The van der Waals surface area contributed by atoms with Crippen LogP contribution in [0.1, 0.15) is 85.0 Å². The van der Waals surface area contributed by atoms with Crippen LogP contribution in [0.2, 0.25) is 0 Å². The Hall–Kier alpha value is -0.0800. The second kappa shape index (κ2) is 13.9. The van der Waals surface area contributed by atoms with E-state index in [2.05, 4.69) is 26.1 Å². The van der Waals surface area contributed by atoms with Crippen molar-refractivity contribution in [3.63, 3.8) is 0 Å². The smallest absolute Gasteiger partial charge is 0.0587 e. The summed E-state index contributed by atoms with van der Waals surface area (Å²) in [6.07, 6.45) is 14.0. The number of hydrogen-bond acceptors (Lipinski definition) is 2. The molecule has 0 saturated carbocycles. The summed E-state index contributed by atoms with van der Waals surface area (Å²) in [4.78, 5) is 0. The molecule has 2 heteroatoms. The molecule has 0 aromatic carbocycles. The Morgan fingerprint density at radius 1 is 0.900 bits per heavy atom. The Bertz CT molecular complexity index is 196. The summed E-state index contributed by atoms with van der Waals surface area (Å²) in [6.45, 7) is 9.95. The van der Waals surface area contributed by atoms with Crippen LogP contribution >= 0.6 is 0 Å². The Kier molecular flexibility index (Phi) is 13.8. The highest BCUT2D eigenvalue weighted by Crippen LogP contribution is 2.27. The van der Waals surface area contributed by atoms with Gasteiger partial charge < -0.3 is 10.1 Å². The van der Waals surface area contributed by atoms with Crippen LogP contribution in [-0.4, -0.2) is 26.8 Å². The second-order valence-electron chi connectivity index (χ2n) is 6.56. The average Bonchev–Trinajstić information content (AvgIpc) is 2.46. The molecule has 2 nitrogen and oxygen atoms in total. The van der Waals surface area contributed by atoms with Crippen LogP contribution in [0, 0.1) is 5.41 Å². The van der Waals surface area contributed by atoms with Crippen LogP contribution in [-0.2, 0) is 4.74 Å². The Morgan fingerprint density at radius 3 is 2.05 bits per heavy atom. The van der Waals surface area contributed by atoms with E-state index in [1.54, 1.807) is 7.11 Å². The molecule has 0 aromatic heterocycles. The molecular weight excluding hydrogens is 246 g/mol. The van der Waals surface area contributed by atoms with E-state index < -0.39 is 0 Å². The fourth-order valence-corrected chi connectivity index (χ4v) is 2.64. The lowest BCUT2D eigenvalue weighted by Crippen LogP contribution is -2.33. The minimum Gasteiger partial charge on any atom is -0.383 e. The number of nitrogens with one attached hydrogen (secondary N) is 1. The van der Waals surface area contributed by atoms with E-state index in [4.69, 9.17) is 4.74 Å². The summed E-state index contributed by atoms with van der Waals surface area (Å²) in [5, 5.41) is 3.53. The molecule has 0 rings (SSSR count). The number of hydrogen-bond donors (Lipinski definition) is 1. The van der Waals surface area contributed by atoms with Crippen LogP contribution in [0.4, 0.5) is 0 Å². The summed E-state index contributed by atoms with van der Waals surface area (Å²) < 4.78 is 5.08. The zero-order chi connectivity index (χ0) is 15.1. The lowest BCUT2D eigenvalue weighted by atomic mass is 9.82. The quantitative estimate of drug-likeness (QED) is 0.419. The number of rotatable bonds is 15. The zero-order valence-corrected chi connectivity index (χ0v) is 14.6. The number of unbranched alkanes of at least 4 members (excludes halogenated alkanes) is 7. The van der Waals surface area contributed by atoms with Crippen LogP contribution in [0.3, 0.4) is 0 Å². The molecule has 0 aliphatic heterocycles. The van der Waals surface area contributed by atoms with Gasteiger partial charge in [-0.15, -0.1) is 0 Å². The van der Waals surface area contributed by atoms with Gasteiger partial charge in [0.25, 0.3) is 0 Å². The van der Waals surface area contributed by atoms with E-state index in [1.807, 2.05) is 0 Å². The van der Waals surface area contributed by atoms with Crippen molar-refractivity contribution in [2.75, 3.05) is 26.8 Å². The molecular formula is C18H39NO. The summed E-state index contributed by atoms with van der Waals surface area (Å²) in [5.41, 5.74) is 0.468. The van der Waals surface area contributed by atoms with Crippen molar-refractivity contribution in [2.24, 2.45) is 5.41 Å². The van der Waals surface area contributed by atoms with Gasteiger partial charge in [0.2, 0.25) is 0 Å². The van der Waals surface area contributed by atoms with Crippen molar-refractivity contribution in [1.82, 2.24) is 5.32 Å². The Balaban J connectivity index is 3.51. The highest BCUT2D eigenvalue weighted by atomic mass is 16.5. The first-order chi connectivity index (χ1) is 9.68. The molecule has 1 unspecified atom stereocenters. The molecule has 0 aliphatic rings. The summed E-state index contributed by atoms with van der Waals surface area (Å²) in [5.74, 6) is 0. The van der Waals surface area contributed by atoms with Gasteiger partial charge in [-0.1, -0.05) is 72.1 Å². The maximum Gasteiger partial charge on any atom is 0.0587 e. The van der Waals surface area contributed by atoms with Gasteiger partial charge in [0, 0.05) is 20.2 Å². The molecule has 0 radical (unpaired) electrons. The fourth-order valence-electron chi connectivity index (χ4n) is 2.64. The van der Waals surface area contributed by atoms with Crippen molar-refractivity contribution in [3.8, 4) is 0 Å². The van der Waals surface area contributed by atoms with E-state index >= 15 is 0 Å². The maximum atomic E-state index is 5.08. The van der Waals surface area contributed by atoms with Gasteiger partial charge in [0.15, 0.2) is 0 Å². The van der Waals surface area contributed by atoms with Gasteiger partial charge in [-0.3, -0.25) is 0 Å². The standard InChI is InChI=1S/C18H39NO/c1-5-7-8-9-10-11-12-13-14-18(3,6-2)17-19-15-16-20-4/h19H,5-17H2,1-4H3. The summed E-state index contributed by atoms with van der Waals surface area (Å²) >= 11 is 0. The summed E-state index contributed by atoms with van der Waals surface area (Å²) in [7, 11) is 1.77. The van der Waals surface area contributed by atoms with Gasteiger partial charge in [-0.05, 0) is 18.3 Å². The van der Waals surface area contributed by atoms with Gasteiger partial charge >= 0.3 is 0 Å². The largest absolute Gasteiger partial charge is 0.383 e. The predicted octanol–water partition coefficient (Wildman–Crippen LogP) is 5.17. The SMILES string of the molecule is CCCCCCCCCCC(C)(CC)CNCCOC. The topological polar surface area (TPSA) is 21.3 Å². The van der Waals surface area contributed by atoms with E-state index in [0.29, 0.717) is 5.41 Å². The van der Waals surface area contributed by atoms with E-state index in [0.717, 1.165) is 19.7 Å². The Labute approximate surface area is 128 Å². The molecule has 0 bridgehead atoms. The van der Waals surface area contributed by atoms with Gasteiger partial charge in [-0.2, -0.15) is 0 Å². The minimum absolute atomic E-state index is 0.468. The van der Waals surface area contributed by atoms with Crippen molar-refractivity contribution < 1.29 is 4.74 Å². The molecule has 1 atom stereocenters. The maximum absolute atomic E-state index is 5.08. The van der Waals surface area contributed by atoms with Gasteiger partial charge in [0.1, 0.15) is 0 Å². The van der Waals surface area contributed by atoms with Crippen LogP contribution in [0.25, 0.3) is 0 Å². The van der Waals surface area contributed by atoms with Crippen molar-refractivity contribution >= 4 is 0 Å². The third-order valence-electron chi connectivity index (χ3n) is 4.52. The van der Waals surface area contributed by atoms with E-state index in [9.17, 15) is 0 Å². The fraction of sp³-hybridized carbons (Fsp3) is 1.00. The molecule has 0 aliphatic carbocycles. The van der Waals surface area contributed by atoms with Crippen molar-refractivity contribution in [2.45, 2.75) is 85.0 Å². The third-order valence-corrected chi connectivity index (χ3v) is 4.52. The van der Waals surface area contributed by atoms with Gasteiger partial charge in [-0.25, -0.2) is 0 Å². The molecule has 0 amide bonds. The highest BCUT2D eigenvalue weighted by Gasteiger charge is 2.20. The Morgan fingerprint density at radius 2 is 1.50 bits per heavy atom. The van der Waals surface area contributed by atoms with Gasteiger partial charge in [0.05, 0.1) is 6.61 Å². The second-order valence-corrected chi connectivity index (χ2v) is 6.56. The third kappa shape index (κ3) is 11.7. The first-order valence-electron chi connectivity index (χ1n) is 8.88. The first kappa shape index (κ1) is 19.9. The minimum atomic E-state index is 0.468. The molecule has 20 heavy (non-hydrogen) atoms.